The maximum absolute atomic E-state index is 9.59. The van der Waals surface area contributed by atoms with Crippen molar-refractivity contribution in [3.63, 3.8) is 0 Å². The van der Waals surface area contributed by atoms with Crippen LogP contribution in [0.5, 0.6) is 0 Å². The Bertz CT molecular complexity index is 335. The van der Waals surface area contributed by atoms with E-state index < -0.39 is 0 Å². The van der Waals surface area contributed by atoms with E-state index in [0.717, 1.165) is 17.4 Å². The van der Waals surface area contributed by atoms with E-state index in [9.17, 15) is 5.11 Å². The molecule has 1 unspecified atom stereocenters. The second kappa shape index (κ2) is 5.01. The van der Waals surface area contributed by atoms with Gasteiger partial charge in [-0.05, 0) is 42.7 Å². The van der Waals surface area contributed by atoms with Crippen LogP contribution in [0, 0.1) is 5.92 Å². The molecule has 16 heavy (non-hydrogen) atoms. The Morgan fingerprint density at radius 1 is 1.19 bits per heavy atom. The molecule has 1 aliphatic rings. The third kappa shape index (κ3) is 2.65. The molecule has 0 spiro atoms. The largest absolute Gasteiger partial charge is 0.389 e. The molecule has 1 aromatic carbocycles. The summed E-state index contributed by atoms with van der Waals surface area (Å²) < 4.78 is 0. The lowest BCUT2D eigenvalue weighted by Gasteiger charge is -2.26. The Balaban J connectivity index is 2.11. The fraction of sp³-hybridized carbons (Fsp3) is 0.600. The van der Waals surface area contributed by atoms with E-state index in [1.165, 1.54) is 31.2 Å². The van der Waals surface area contributed by atoms with Crippen LogP contribution in [0.2, 0.25) is 0 Å². The first kappa shape index (κ1) is 11.7. The predicted molar refractivity (Wildman–Crippen MR) is 67.4 cm³/mol. The fourth-order valence-electron chi connectivity index (χ4n) is 2.67. The Morgan fingerprint density at radius 2 is 1.88 bits per heavy atom. The first-order chi connectivity index (χ1) is 7.66. The lowest BCUT2D eigenvalue weighted by molar-refractivity contribution is 0.199. The van der Waals surface area contributed by atoms with Crippen LogP contribution >= 0.6 is 0 Å². The van der Waals surface area contributed by atoms with Gasteiger partial charge < -0.3 is 5.11 Å². The Hall–Kier alpha value is -0.820. The maximum atomic E-state index is 9.59. The van der Waals surface area contributed by atoms with Gasteiger partial charge in [0.1, 0.15) is 0 Å². The van der Waals surface area contributed by atoms with E-state index in [0.29, 0.717) is 0 Å². The summed E-state index contributed by atoms with van der Waals surface area (Å²) in [6.45, 7) is 4.19. The van der Waals surface area contributed by atoms with Gasteiger partial charge in [0.2, 0.25) is 0 Å². The monoisotopic (exact) mass is 218 g/mol. The Kier molecular flexibility index (Phi) is 3.65. The van der Waals surface area contributed by atoms with Crippen molar-refractivity contribution in [3.05, 3.63) is 35.4 Å². The van der Waals surface area contributed by atoms with E-state index in [2.05, 4.69) is 25.1 Å². The molecule has 0 saturated heterocycles. The van der Waals surface area contributed by atoms with Crippen molar-refractivity contribution < 1.29 is 5.11 Å². The van der Waals surface area contributed by atoms with Crippen LogP contribution in [0.1, 0.15) is 62.7 Å². The maximum Gasteiger partial charge on any atom is 0.0762 e. The topological polar surface area (TPSA) is 20.2 Å². The molecule has 0 aliphatic heterocycles. The fourth-order valence-corrected chi connectivity index (χ4v) is 2.67. The van der Waals surface area contributed by atoms with Crippen LogP contribution in [-0.2, 0) is 0 Å². The molecule has 0 bridgehead atoms. The number of rotatable bonds is 2. The summed E-state index contributed by atoms with van der Waals surface area (Å²) in [6, 6.07) is 8.49. The van der Waals surface area contributed by atoms with Gasteiger partial charge in [-0.25, -0.2) is 0 Å². The molecule has 1 atom stereocenters. The molecule has 0 heterocycles. The Labute approximate surface area is 98.5 Å². The minimum absolute atomic E-state index is 0.345. The number of hydrogen-bond donors (Lipinski definition) is 1. The van der Waals surface area contributed by atoms with E-state index in [-0.39, 0.29) is 6.10 Å². The van der Waals surface area contributed by atoms with Crippen molar-refractivity contribution in [2.24, 2.45) is 5.92 Å². The lowest BCUT2D eigenvalue weighted by Crippen LogP contribution is -2.11. The van der Waals surface area contributed by atoms with Gasteiger partial charge in [-0.2, -0.15) is 0 Å². The quantitative estimate of drug-likeness (QED) is 0.794. The SMILES string of the molecule is CC1CCC(c2cccc(C(C)O)c2)CC1. The van der Waals surface area contributed by atoms with Crippen molar-refractivity contribution in [3.8, 4) is 0 Å². The van der Waals surface area contributed by atoms with Crippen molar-refractivity contribution in [2.75, 3.05) is 0 Å². The summed E-state index contributed by atoms with van der Waals surface area (Å²) in [5.74, 6) is 1.62. The van der Waals surface area contributed by atoms with Crippen LogP contribution in [0.25, 0.3) is 0 Å². The van der Waals surface area contributed by atoms with Crippen LogP contribution in [-0.4, -0.2) is 5.11 Å². The molecule has 0 radical (unpaired) electrons. The van der Waals surface area contributed by atoms with Gasteiger partial charge in [-0.3, -0.25) is 0 Å². The van der Waals surface area contributed by atoms with Gasteiger partial charge in [0, 0.05) is 0 Å². The van der Waals surface area contributed by atoms with Crippen molar-refractivity contribution in [1.29, 1.82) is 0 Å². The zero-order valence-electron chi connectivity index (χ0n) is 10.3. The minimum atomic E-state index is -0.345. The molecule has 1 fully saturated rings. The van der Waals surface area contributed by atoms with Gasteiger partial charge in [0.15, 0.2) is 0 Å². The summed E-state index contributed by atoms with van der Waals surface area (Å²) in [4.78, 5) is 0. The summed E-state index contributed by atoms with van der Waals surface area (Å²) in [6.07, 6.45) is 4.98. The lowest BCUT2D eigenvalue weighted by atomic mass is 9.79. The molecule has 1 aromatic rings. The highest BCUT2D eigenvalue weighted by Crippen LogP contribution is 2.36. The summed E-state index contributed by atoms with van der Waals surface area (Å²) in [5.41, 5.74) is 2.47. The highest BCUT2D eigenvalue weighted by atomic mass is 16.3. The first-order valence-electron chi connectivity index (χ1n) is 6.44. The highest BCUT2D eigenvalue weighted by molar-refractivity contribution is 5.27. The smallest absolute Gasteiger partial charge is 0.0762 e. The van der Waals surface area contributed by atoms with Crippen LogP contribution in [0.3, 0.4) is 0 Å². The third-order valence-corrected chi connectivity index (χ3v) is 3.88. The summed E-state index contributed by atoms with van der Waals surface area (Å²) in [5, 5.41) is 9.59. The van der Waals surface area contributed by atoms with Crippen LogP contribution < -0.4 is 0 Å². The van der Waals surface area contributed by atoms with E-state index in [4.69, 9.17) is 0 Å². The zero-order valence-corrected chi connectivity index (χ0v) is 10.3. The van der Waals surface area contributed by atoms with Gasteiger partial charge >= 0.3 is 0 Å². The number of aliphatic hydroxyl groups excluding tert-OH is 1. The van der Waals surface area contributed by atoms with E-state index >= 15 is 0 Å². The van der Waals surface area contributed by atoms with E-state index in [1.807, 2.05) is 13.0 Å². The minimum Gasteiger partial charge on any atom is -0.389 e. The van der Waals surface area contributed by atoms with Crippen molar-refractivity contribution in [1.82, 2.24) is 0 Å². The number of aliphatic hydroxyl groups is 1. The molecule has 1 aliphatic carbocycles. The highest BCUT2D eigenvalue weighted by Gasteiger charge is 2.19. The number of hydrogen-bond acceptors (Lipinski definition) is 1. The standard InChI is InChI=1S/C15H22O/c1-11-6-8-13(9-7-11)15-5-3-4-14(10-15)12(2)16/h3-5,10-13,16H,6-9H2,1-2H3. The molecule has 1 heteroatoms. The summed E-state index contributed by atoms with van der Waals surface area (Å²) in [7, 11) is 0. The molecule has 0 aromatic heterocycles. The van der Waals surface area contributed by atoms with E-state index in [1.54, 1.807) is 0 Å². The van der Waals surface area contributed by atoms with Gasteiger partial charge in [0.25, 0.3) is 0 Å². The molecule has 1 nitrogen and oxygen atoms in total. The second-order valence-electron chi connectivity index (χ2n) is 5.30. The normalized spacial score (nSPS) is 27.7. The molecular formula is C15H22O. The Morgan fingerprint density at radius 3 is 2.50 bits per heavy atom. The molecule has 88 valence electrons. The zero-order chi connectivity index (χ0) is 11.5. The molecule has 1 N–H and O–H groups in total. The van der Waals surface area contributed by atoms with Gasteiger partial charge in [0.05, 0.1) is 6.10 Å². The van der Waals surface area contributed by atoms with Crippen LogP contribution in [0.4, 0.5) is 0 Å². The third-order valence-electron chi connectivity index (χ3n) is 3.88. The van der Waals surface area contributed by atoms with Crippen molar-refractivity contribution in [2.45, 2.75) is 51.6 Å². The predicted octanol–water partition coefficient (Wildman–Crippen LogP) is 4.03. The van der Waals surface area contributed by atoms with Gasteiger partial charge in [-0.15, -0.1) is 0 Å². The molecular weight excluding hydrogens is 196 g/mol. The summed E-state index contributed by atoms with van der Waals surface area (Å²) >= 11 is 0. The molecule has 2 rings (SSSR count). The second-order valence-corrected chi connectivity index (χ2v) is 5.30. The molecule has 0 amide bonds. The average molecular weight is 218 g/mol. The number of benzene rings is 1. The first-order valence-corrected chi connectivity index (χ1v) is 6.44. The van der Waals surface area contributed by atoms with Crippen molar-refractivity contribution >= 4 is 0 Å². The van der Waals surface area contributed by atoms with Crippen LogP contribution in [0.15, 0.2) is 24.3 Å². The van der Waals surface area contributed by atoms with Gasteiger partial charge in [-0.1, -0.05) is 44.0 Å². The average Bonchev–Trinajstić information content (AvgIpc) is 2.30. The molecule has 1 saturated carbocycles.